The van der Waals surface area contributed by atoms with Crippen molar-refractivity contribution in [1.82, 2.24) is 9.97 Å². The van der Waals surface area contributed by atoms with Crippen molar-refractivity contribution in [2.24, 2.45) is 5.84 Å². The Labute approximate surface area is 112 Å². The number of hydrogen-bond acceptors (Lipinski definition) is 5. The van der Waals surface area contributed by atoms with E-state index in [0.29, 0.717) is 17.7 Å². The third kappa shape index (κ3) is 3.20. The van der Waals surface area contributed by atoms with Crippen LogP contribution in [0.5, 0.6) is 11.6 Å². The zero-order chi connectivity index (χ0) is 13.8. The fourth-order valence-electron chi connectivity index (χ4n) is 1.79. The van der Waals surface area contributed by atoms with Gasteiger partial charge in [0.2, 0.25) is 11.8 Å². The predicted molar refractivity (Wildman–Crippen MR) is 75.2 cm³/mol. The van der Waals surface area contributed by atoms with E-state index in [1.165, 1.54) is 0 Å². The molecular formula is C14H18N4O. The summed E-state index contributed by atoms with van der Waals surface area (Å²) in [5.41, 5.74) is 4.69. The van der Waals surface area contributed by atoms with Crippen LogP contribution in [-0.2, 0) is 0 Å². The molecule has 1 aromatic heterocycles. The second-order valence-electron chi connectivity index (χ2n) is 4.66. The normalized spacial score (nSPS) is 10.6. The van der Waals surface area contributed by atoms with Crippen molar-refractivity contribution in [3.63, 3.8) is 0 Å². The highest BCUT2D eigenvalue weighted by Crippen LogP contribution is 2.30. The average molecular weight is 258 g/mol. The van der Waals surface area contributed by atoms with Crippen LogP contribution in [0.1, 0.15) is 30.9 Å². The number of nitrogen functional groups attached to an aromatic ring is 1. The lowest BCUT2D eigenvalue weighted by Crippen LogP contribution is -2.10. The van der Waals surface area contributed by atoms with Crippen LogP contribution in [0.2, 0.25) is 0 Å². The Hall–Kier alpha value is -2.14. The monoisotopic (exact) mass is 258 g/mol. The number of rotatable bonds is 4. The van der Waals surface area contributed by atoms with Gasteiger partial charge < -0.3 is 4.74 Å². The fraction of sp³-hybridized carbons (Fsp3) is 0.286. The standard InChI is InChI=1S/C14H18N4O/c1-9(2)11-5-4-10(3)8-12(11)19-13-6-7-16-14(17-13)18-15/h4-9H,15H2,1-3H3,(H,16,17,18). The molecule has 0 saturated carbocycles. The number of hydrogen-bond donors (Lipinski definition) is 2. The van der Waals surface area contributed by atoms with Gasteiger partial charge in [0.05, 0.1) is 0 Å². The van der Waals surface area contributed by atoms with Gasteiger partial charge >= 0.3 is 0 Å². The first kappa shape index (κ1) is 13.3. The molecule has 5 heteroatoms. The molecule has 0 amide bonds. The van der Waals surface area contributed by atoms with Crippen molar-refractivity contribution < 1.29 is 4.74 Å². The van der Waals surface area contributed by atoms with E-state index in [-0.39, 0.29) is 0 Å². The van der Waals surface area contributed by atoms with Crippen LogP contribution in [0.15, 0.2) is 30.5 Å². The van der Waals surface area contributed by atoms with E-state index < -0.39 is 0 Å². The molecule has 0 saturated heterocycles. The van der Waals surface area contributed by atoms with E-state index in [9.17, 15) is 0 Å². The minimum absolute atomic E-state index is 0.330. The van der Waals surface area contributed by atoms with Gasteiger partial charge in [-0.25, -0.2) is 10.8 Å². The van der Waals surface area contributed by atoms with Gasteiger partial charge in [-0.2, -0.15) is 4.98 Å². The number of aryl methyl sites for hydroxylation is 1. The molecule has 19 heavy (non-hydrogen) atoms. The third-order valence-electron chi connectivity index (χ3n) is 2.76. The Kier molecular flexibility index (Phi) is 3.97. The Morgan fingerprint density at radius 1 is 1.26 bits per heavy atom. The number of hydrazine groups is 1. The molecule has 1 heterocycles. The van der Waals surface area contributed by atoms with Gasteiger partial charge in [-0.3, -0.25) is 5.43 Å². The lowest BCUT2D eigenvalue weighted by molar-refractivity contribution is 0.453. The van der Waals surface area contributed by atoms with Crippen molar-refractivity contribution in [2.45, 2.75) is 26.7 Å². The second kappa shape index (κ2) is 5.67. The molecule has 0 atom stereocenters. The molecule has 0 fully saturated rings. The van der Waals surface area contributed by atoms with Crippen LogP contribution in [-0.4, -0.2) is 9.97 Å². The van der Waals surface area contributed by atoms with Gasteiger partial charge in [-0.1, -0.05) is 26.0 Å². The molecule has 3 N–H and O–H groups in total. The van der Waals surface area contributed by atoms with Gasteiger partial charge in [0.25, 0.3) is 0 Å². The van der Waals surface area contributed by atoms with E-state index in [1.807, 2.05) is 13.0 Å². The molecule has 100 valence electrons. The zero-order valence-corrected chi connectivity index (χ0v) is 11.3. The summed E-state index contributed by atoms with van der Waals surface area (Å²) in [5, 5.41) is 0. The Balaban J connectivity index is 2.33. The number of aromatic nitrogens is 2. The first-order valence-electron chi connectivity index (χ1n) is 6.18. The number of nitrogens with one attached hydrogen (secondary N) is 1. The van der Waals surface area contributed by atoms with Crippen LogP contribution in [0, 0.1) is 6.92 Å². The molecule has 0 aliphatic heterocycles. The third-order valence-corrected chi connectivity index (χ3v) is 2.76. The Morgan fingerprint density at radius 2 is 2.05 bits per heavy atom. The largest absolute Gasteiger partial charge is 0.439 e. The molecule has 0 aliphatic rings. The van der Waals surface area contributed by atoms with E-state index in [0.717, 1.165) is 16.9 Å². The van der Waals surface area contributed by atoms with E-state index >= 15 is 0 Å². The Morgan fingerprint density at radius 3 is 2.74 bits per heavy atom. The summed E-state index contributed by atoms with van der Waals surface area (Å²) >= 11 is 0. The first-order valence-corrected chi connectivity index (χ1v) is 6.18. The van der Waals surface area contributed by atoms with Crippen molar-refractivity contribution >= 4 is 5.95 Å². The molecule has 1 aromatic carbocycles. The molecule has 0 radical (unpaired) electrons. The smallest absolute Gasteiger partial charge is 0.240 e. The van der Waals surface area contributed by atoms with Gasteiger partial charge in [-0.15, -0.1) is 0 Å². The minimum atomic E-state index is 0.330. The van der Waals surface area contributed by atoms with Gasteiger partial charge in [0.15, 0.2) is 0 Å². The minimum Gasteiger partial charge on any atom is -0.439 e. The number of anilines is 1. The molecule has 0 unspecified atom stereocenters. The molecule has 2 rings (SSSR count). The highest BCUT2D eigenvalue weighted by molar-refractivity contribution is 5.41. The first-order chi connectivity index (χ1) is 9.10. The van der Waals surface area contributed by atoms with Gasteiger partial charge in [0.1, 0.15) is 5.75 Å². The summed E-state index contributed by atoms with van der Waals surface area (Å²) < 4.78 is 5.85. The topological polar surface area (TPSA) is 73.1 Å². The van der Waals surface area contributed by atoms with Gasteiger partial charge in [-0.05, 0) is 30.0 Å². The predicted octanol–water partition coefficient (Wildman–Crippen LogP) is 2.99. The molecular weight excluding hydrogens is 240 g/mol. The highest BCUT2D eigenvalue weighted by atomic mass is 16.5. The summed E-state index contributed by atoms with van der Waals surface area (Å²) in [6.07, 6.45) is 1.60. The fourth-order valence-corrected chi connectivity index (χ4v) is 1.79. The maximum atomic E-state index is 5.85. The summed E-state index contributed by atoms with van der Waals surface area (Å²) in [4.78, 5) is 8.09. The molecule has 0 spiro atoms. The second-order valence-corrected chi connectivity index (χ2v) is 4.66. The number of ether oxygens (including phenoxy) is 1. The summed E-state index contributed by atoms with van der Waals surface area (Å²) in [6, 6.07) is 7.87. The summed E-state index contributed by atoms with van der Waals surface area (Å²) in [5.74, 6) is 7.28. The van der Waals surface area contributed by atoms with Crippen molar-refractivity contribution in [2.75, 3.05) is 5.43 Å². The van der Waals surface area contributed by atoms with Crippen LogP contribution in [0.25, 0.3) is 0 Å². The van der Waals surface area contributed by atoms with Gasteiger partial charge in [0, 0.05) is 12.3 Å². The maximum Gasteiger partial charge on any atom is 0.240 e. The molecule has 0 aliphatic carbocycles. The summed E-state index contributed by atoms with van der Waals surface area (Å²) in [6.45, 7) is 6.29. The number of benzene rings is 1. The van der Waals surface area contributed by atoms with E-state index in [2.05, 4.69) is 41.4 Å². The number of nitrogens with two attached hydrogens (primary N) is 1. The molecule has 2 aromatic rings. The molecule has 5 nitrogen and oxygen atoms in total. The van der Waals surface area contributed by atoms with E-state index in [1.54, 1.807) is 12.3 Å². The summed E-state index contributed by atoms with van der Waals surface area (Å²) in [7, 11) is 0. The average Bonchev–Trinajstić information content (AvgIpc) is 2.38. The van der Waals surface area contributed by atoms with E-state index in [4.69, 9.17) is 10.6 Å². The zero-order valence-electron chi connectivity index (χ0n) is 11.3. The number of nitrogens with zero attached hydrogens (tertiary/aromatic N) is 2. The van der Waals surface area contributed by atoms with Crippen molar-refractivity contribution in [3.05, 3.63) is 41.6 Å². The lowest BCUT2D eigenvalue weighted by atomic mass is 10.0. The van der Waals surface area contributed by atoms with Crippen LogP contribution >= 0.6 is 0 Å². The van der Waals surface area contributed by atoms with Crippen LogP contribution in [0.4, 0.5) is 5.95 Å². The van der Waals surface area contributed by atoms with Crippen LogP contribution < -0.4 is 16.0 Å². The maximum absolute atomic E-state index is 5.85. The molecule has 0 bridgehead atoms. The lowest BCUT2D eigenvalue weighted by Gasteiger charge is -2.14. The Bertz CT molecular complexity index is 569. The SMILES string of the molecule is Cc1ccc(C(C)C)c(Oc2ccnc(NN)n2)c1. The van der Waals surface area contributed by atoms with Crippen molar-refractivity contribution in [3.8, 4) is 11.6 Å². The van der Waals surface area contributed by atoms with Crippen LogP contribution in [0.3, 0.4) is 0 Å². The quantitative estimate of drug-likeness (QED) is 0.651. The van der Waals surface area contributed by atoms with Crippen molar-refractivity contribution in [1.29, 1.82) is 0 Å². The highest BCUT2D eigenvalue weighted by Gasteiger charge is 2.10.